The van der Waals surface area contributed by atoms with E-state index in [1.165, 1.54) is 0 Å². The standard InChI is InChI=1S/C2H3F.CH4/c1-2-3;/h2H,1H2;1H4. The first kappa shape index (κ1) is 9.38. The zero-order valence-electron chi connectivity index (χ0n) is 1.66. The SMILES string of the molecule is C.C=CF. The quantitative estimate of drug-likeness (QED) is 0.401. The summed E-state index contributed by atoms with van der Waals surface area (Å²) in [5.74, 6) is 0. The Bertz CT molecular complexity index is 10.8. The van der Waals surface area contributed by atoms with Gasteiger partial charge in [0.2, 0.25) is 0 Å². The molecule has 0 atom stereocenters. The van der Waals surface area contributed by atoms with Gasteiger partial charge in [0.25, 0.3) is 0 Å². The van der Waals surface area contributed by atoms with Crippen molar-refractivity contribution in [1.82, 2.24) is 0 Å². The van der Waals surface area contributed by atoms with Gasteiger partial charge in [-0.3, -0.25) is 0 Å². The molecule has 0 unspecified atom stereocenters. The predicted molar refractivity (Wildman–Crippen MR) is 18.0 cm³/mol. The third-order valence-electron chi connectivity index (χ3n) is 0. The molecule has 0 nitrogen and oxygen atoms in total. The molecule has 0 amide bonds. The highest BCUT2D eigenvalue weighted by molar-refractivity contribution is 4.39. The summed E-state index contributed by atoms with van der Waals surface area (Å²) in [7, 11) is 0. The molecule has 0 aromatic rings. The largest absolute Gasteiger partial charge is 0.216 e. The van der Waals surface area contributed by atoms with E-state index in [1.54, 1.807) is 0 Å². The second kappa shape index (κ2) is 16.6. The van der Waals surface area contributed by atoms with E-state index in [-0.39, 0.29) is 13.8 Å². The van der Waals surface area contributed by atoms with E-state index >= 15 is 0 Å². The van der Waals surface area contributed by atoms with Crippen LogP contribution in [0.3, 0.4) is 0 Å². The van der Waals surface area contributed by atoms with Gasteiger partial charge in [-0.1, -0.05) is 14.0 Å². The summed E-state index contributed by atoms with van der Waals surface area (Å²) in [6, 6.07) is 0. The molecule has 0 aromatic carbocycles. The van der Waals surface area contributed by atoms with Gasteiger partial charge in [0.1, 0.15) is 0 Å². The summed E-state index contributed by atoms with van der Waals surface area (Å²) in [6.45, 7) is 2.69. The van der Waals surface area contributed by atoms with Crippen molar-refractivity contribution in [2.75, 3.05) is 0 Å². The van der Waals surface area contributed by atoms with Gasteiger partial charge in [0.05, 0.1) is 6.33 Å². The van der Waals surface area contributed by atoms with Crippen LogP contribution >= 0.6 is 0 Å². The summed E-state index contributed by atoms with van der Waals surface area (Å²) in [4.78, 5) is 0. The van der Waals surface area contributed by atoms with Crippen LogP contribution in [0.4, 0.5) is 4.39 Å². The van der Waals surface area contributed by atoms with Crippen LogP contribution in [-0.4, -0.2) is 0 Å². The van der Waals surface area contributed by atoms with E-state index in [1.807, 2.05) is 0 Å². The van der Waals surface area contributed by atoms with Crippen LogP contribution in [0.25, 0.3) is 0 Å². The molecule has 0 rings (SSSR count). The van der Waals surface area contributed by atoms with Crippen molar-refractivity contribution < 1.29 is 4.39 Å². The maximum atomic E-state index is 10.1. The van der Waals surface area contributed by atoms with Gasteiger partial charge in [-0.25, -0.2) is 4.39 Å². The molecule has 0 fully saturated rings. The van der Waals surface area contributed by atoms with Crippen molar-refractivity contribution in [3.05, 3.63) is 12.9 Å². The van der Waals surface area contributed by atoms with E-state index < -0.39 is 0 Å². The van der Waals surface area contributed by atoms with Crippen molar-refractivity contribution >= 4 is 0 Å². The highest BCUT2D eigenvalue weighted by Crippen LogP contribution is 1.48. The average molecular weight is 62.1 g/mol. The number of halogens is 1. The molecule has 0 aliphatic heterocycles. The lowest BCUT2D eigenvalue weighted by molar-refractivity contribution is 0.725. The predicted octanol–water partition coefficient (Wildman–Crippen LogP) is 1.74. The zero-order chi connectivity index (χ0) is 2.71. The van der Waals surface area contributed by atoms with E-state index in [0.29, 0.717) is 0 Å². The molecule has 26 valence electrons. The van der Waals surface area contributed by atoms with Crippen molar-refractivity contribution in [3.63, 3.8) is 0 Å². The Morgan fingerprint density at radius 3 is 1.75 bits per heavy atom. The van der Waals surface area contributed by atoms with Crippen molar-refractivity contribution in [3.8, 4) is 0 Å². The first-order valence-electron chi connectivity index (χ1n) is 0.626. The van der Waals surface area contributed by atoms with Crippen molar-refractivity contribution in [1.29, 1.82) is 0 Å². The summed E-state index contributed by atoms with van der Waals surface area (Å²) >= 11 is 0. The minimum Gasteiger partial charge on any atom is -0.216 e. The third kappa shape index (κ3) is 6.88. The molecule has 0 aliphatic rings. The van der Waals surface area contributed by atoms with Gasteiger partial charge in [-0.05, 0) is 0 Å². The fourth-order valence-corrected chi connectivity index (χ4v) is 0. The van der Waals surface area contributed by atoms with Gasteiger partial charge < -0.3 is 0 Å². The molecule has 0 saturated carbocycles. The number of hydrogen-bond donors (Lipinski definition) is 0. The van der Waals surface area contributed by atoms with Crippen LogP contribution in [0.2, 0.25) is 0 Å². The molecule has 0 spiro atoms. The van der Waals surface area contributed by atoms with Crippen molar-refractivity contribution in [2.24, 2.45) is 0 Å². The number of rotatable bonds is 0. The van der Waals surface area contributed by atoms with Gasteiger partial charge >= 0.3 is 0 Å². The van der Waals surface area contributed by atoms with Crippen LogP contribution in [-0.2, 0) is 0 Å². The lowest BCUT2D eigenvalue weighted by Gasteiger charge is -1.28. The third-order valence-corrected chi connectivity index (χ3v) is 0. The maximum absolute atomic E-state index is 10.1. The Balaban J connectivity index is 0. The molecule has 4 heavy (non-hydrogen) atoms. The smallest absolute Gasteiger partial charge is 0.0795 e. The lowest BCUT2D eigenvalue weighted by Crippen LogP contribution is -0.990. The van der Waals surface area contributed by atoms with E-state index in [2.05, 4.69) is 6.58 Å². The summed E-state index contributed by atoms with van der Waals surface area (Å²) in [6.07, 6.45) is 0.250. The number of hydrogen-bond acceptors (Lipinski definition) is 0. The first-order chi connectivity index (χ1) is 1.41. The van der Waals surface area contributed by atoms with Crippen LogP contribution in [0.15, 0.2) is 12.9 Å². The lowest BCUT2D eigenvalue weighted by atomic mass is 11.2. The molecule has 0 aromatic heterocycles. The Morgan fingerprint density at radius 2 is 1.75 bits per heavy atom. The van der Waals surface area contributed by atoms with Gasteiger partial charge in [-0.15, -0.1) is 0 Å². The Hall–Kier alpha value is -0.330. The Kier molecular flexibility index (Phi) is 38.9. The molecule has 0 heterocycles. The fourth-order valence-electron chi connectivity index (χ4n) is 0. The summed E-state index contributed by atoms with van der Waals surface area (Å²) in [5, 5.41) is 0. The van der Waals surface area contributed by atoms with E-state index in [9.17, 15) is 4.39 Å². The summed E-state index contributed by atoms with van der Waals surface area (Å²) in [5.41, 5.74) is 0. The molecular formula is C3H7F. The maximum Gasteiger partial charge on any atom is 0.0795 e. The van der Waals surface area contributed by atoms with Crippen LogP contribution in [0.5, 0.6) is 0 Å². The Morgan fingerprint density at radius 1 is 1.75 bits per heavy atom. The topological polar surface area (TPSA) is 0 Å². The average Bonchev–Trinajstić information content (AvgIpc) is 0.918. The molecule has 0 aliphatic carbocycles. The normalized spacial score (nSPS) is 3.25. The molecular weight excluding hydrogens is 55.0 g/mol. The van der Waals surface area contributed by atoms with E-state index in [0.717, 1.165) is 0 Å². The van der Waals surface area contributed by atoms with E-state index in [4.69, 9.17) is 0 Å². The second-order valence-electron chi connectivity index (χ2n) is 0.154. The van der Waals surface area contributed by atoms with Crippen LogP contribution < -0.4 is 0 Å². The van der Waals surface area contributed by atoms with Crippen LogP contribution in [0.1, 0.15) is 7.43 Å². The second-order valence-corrected chi connectivity index (χ2v) is 0.154. The van der Waals surface area contributed by atoms with Gasteiger partial charge in [0, 0.05) is 0 Å². The van der Waals surface area contributed by atoms with Crippen LogP contribution in [0, 0.1) is 0 Å². The Labute approximate surface area is 26.0 Å². The molecule has 1 heteroatoms. The minimum atomic E-state index is 0. The zero-order valence-corrected chi connectivity index (χ0v) is 1.66. The highest BCUT2D eigenvalue weighted by atomic mass is 19.1. The van der Waals surface area contributed by atoms with Gasteiger partial charge in [-0.2, -0.15) is 0 Å². The fraction of sp³-hybridized carbons (Fsp3) is 0.333. The minimum absolute atomic E-state index is 0. The molecule has 0 radical (unpaired) electrons. The van der Waals surface area contributed by atoms with Crippen molar-refractivity contribution in [2.45, 2.75) is 7.43 Å². The highest BCUT2D eigenvalue weighted by Gasteiger charge is 1.19. The monoisotopic (exact) mass is 62.1 g/mol. The first-order valence-corrected chi connectivity index (χ1v) is 0.626. The van der Waals surface area contributed by atoms with Gasteiger partial charge in [0.15, 0.2) is 0 Å². The molecule has 0 N–H and O–H groups in total. The summed E-state index contributed by atoms with van der Waals surface area (Å²) < 4.78 is 10.1. The molecule has 0 bridgehead atoms. The molecule has 0 saturated heterocycles.